The molecular formula is C11H18F3N3O3. The van der Waals surface area contributed by atoms with Crippen molar-refractivity contribution in [3.05, 3.63) is 0 Å². The van der Waals surface area contributed by atoms with Gasteiger partial charge in [-0.25, -0.2) is 0 Å². The molecular weight excluding hydrogens is 279 g/mol. The number of rotatable bonds is 6. The molecule has 6 nitrogen and oxygen atoms in total. The first kappa shape index (κ1) is 16.7. The van der Waals surface area contributed by atoms with Crippen LogP contribution in [-0.4, -0.2) is 68.3 Å². The largest absolute Gasteiger partial charge is 0.405 e. The zero-order chi connectivity index (χ0) is 15.4. The van der Waals surface area contributed by atoms with E-state index in [9.17, 15) is 22.8 Å². The van der Waals surface area contributed by atoms with Crippen LogP contribution >= 0.6 is 0 Å². The van der Waals surface area contributed by atoms with Gasteiger partial charge in [0.2, 0.25) is 11.8 Å². The van der Waals surface area contributed by atoms with E-state index in [-0.39, 0.29) is 6.61 Å². The van der Waals surface area contributed by atoms with Gasteiger partial charge in [-0.2, -0.15) is 13.2 Å². The van der Waals surface area contributed by atoms with Gasteiger partial charge in [0.15, 0.2) is 0 Å². The van der Waals surface area contributed by atoms with Gasteiger partial charge in [0.1, 0.15) is 13.2 Å². The fourth-order valence-corrected chi connectivity index (χ4v) is 1.48. The Bertz CT molecular complexity index is 370. The predicted molar refractivity (Wildman–Crippen MR) is 63.9 cm³/mol. The fraction of sp³-hybridized carbons (Fsp3) is 0.818. The highest BCUT2D eigenvalue weighted by atomic mass is 19.4. The van der Waals surface area contributed by atoms with E-state index in [4.69, 9.17) is 4.74 Å². The van der Waals surface area contributed by atoms with Gasteiger partial charge in [-0.15, -0.1) is 0 Å². The molecule has 0 bridgehead atoms. The number of carbonyl (C=O) groups is 2. The third kappa shape index (κ3) is 5.74. The molecule has 1 heterocycles. The summed E-state index contributed by atoms with van der Waals surface area (Å²) < 4.78 is 41.0. The maximum atomic E-state index is 11.9. The van der Waals surface area contributed by atoms with Gasteiger partial charge >= 0.3 is 6.18 Å². The van der Waals surface area contributed by atoms with Crippen molar-refractivity contribution in [2.24, 2.45) is 0 Å². The van der Waals surface area contributed by atoms with Gasteiger partial charge < -0.3 is 20.3 Å². The molecule has 1 aliphatic rings. The lowest BCUT2D eigenvalue weighted by Crippen LogP contribution is -2.59. The second-order valence-corrected chi connectivity index (χ2v) is 4.98. The minimum Gasteiger partial charge on any atom is -0.363 e. The maximum absolute atomic E-state index is 11.9. The summed E-state index contributed by atoms with van der Waals surface area (Å²) in [7, 11) is 1.33. The summed E-state index contributed by atoms with van der Waals surface area (Å²) in [6, 6.07) is 0. The highest BCUT2D eigenvalue weighted by Crippen LogP contribution is 2.15. The van der Waals surface area contributed by atoms with Crippen LogP contribution in [0.5, 0.6) is 0 Å². The zero-order valence-corrected chi connectivity index (χ0v) is 11.3. The molecule has 20 heavy (non-hydrogen) atoms. The zero-order valence-electron chi connectivity index (χ0n) is 11.3. The monoisotopic (exact) mass is 297 g/mol. The summed E-state index contributed by atoms with van der Waals surface area (Å²) in [6.07, 6.45) is -4.47. The second-order valence-electron chi connectivity index (χ2n) is 4.98. The van der Waals surface area contributed by atoms with E-state index in [0.29, 0.717) is 13.1 Å². The highest BCUT2D eigenvalue weighted by Gasteiger charge is 2.33. The molecule has 0 saturated carbocycles. The summed E-state index contributed by atoms with van der Waals surface area (Å²) in [5.41, 5.74) is -0.394. The lowest BCUT2D eigenvalue weighted by molar-refractivity contribution is -0.148. The summed E-state index contributed by atoms with van der Waals surface area (Å²) in [5, 5.41) is 4.69. The van der Waals surface area contributed by atoms with Gasteiger partial charge in [-0.05, 0) is 6.92 Å². The molecule has 0 radical (unpaired) electrons. The number of amides is 2. The van der Waals surface area contributed by atoms with Gasteiger partial charge in [0.25, 0.3) is 0 Å². The lowest BCUT2D eigenvalue weighted by atomic mass is 10.0. The van der Waals surface area contributed by atoms with Crippen molar-refractivity contribution in [1.29, 1.82) is 0 Å². The third-order valence-corrected chi connectivity index (χ3v) is 2.83. The van der Waals surface area contributed by atoms with Crippen LogP contribution in [0.3, 0.4) is 0 Å². The average molecular weight is 297 g/mol. The standard InChI is InChI=1S/C11H18F3N3O3/c1-10(5-15-6-10)20-4-9(19)17(2)3-8(18)16-7-11(12,13)14/h15H,3-7H2,1-2H3,(H,16,18). The summed E-state index contributed by atoms with van der Waals surface area (Å²) in [6.45, 7) is 1.06. The quantitative estimate of drug-likeness (QED) is 0.693. The molecule has 0 aromatic heterocycles. The Morgan fingerprint density at radius 2 is 2.00 bits per heavy atom. The van der Waals surface area contributed by atoms with Crippen LogP contribution in [-0.2, 0) is 14.3 Å². The number of ether oxygens (including phenoxy) is 1. The Morgan fingerprint density at radius 3 is 2.45 bits per heavy atom. The molecule has 2 amide bonds. The fourth-order valence-electron chi connectivity index (χ4n) is 1.48. The summed E-state index contributed by atoms with van der Waals surface area (Å²) in [5.74, 6) is -1.32. The molecule has 1 aliphatic heterocycles. The number of likely N-dealkylation sites (N-methyl/N-ethyl adjacent to an activating group) is 1. The molecule has 0 atom stereocenters. The van der Waals surface area contributed by atoms with E-state index in [1.54, 1.807) is 5.32 Å². The third-order valence-electron chi connectivity index (χ3n) is 2.83. The Kier molecular flexibility index (Phi) is 5.35. The van der Waals surface area contributed by atoms with E-state index < -0.39 is 36.7 Å². The highest BCUT2D eigenvalue weighted by molar-refractivity contribution is 5.85. The van der Waals surface area contributed by atoms with E-state index in [0.717, 1.165) is 4.90 Å². The van der Waals surface area contributed by atoms with Crippen LogP contribution in [0.25, 0.3) is 0 Å². The molecule has 9 heteroatoms. The van der Waals surface area contributed by atoms with Gasteiger partial charge in [0.05, 0.1) is 12.1 Å². The molecule has 0 aromatic rings. The molecule has 2 N–H and O–H groups in total. The smallest absolute Gasteiger partial charge is 0.363 e. The Labute approximate surface area is 114 Å². The molecule has 1 saturated heterocycles. The van der Waals surface area contributed by atoms with Crippen molar-refractivity contribution in [2.75, 3.05) is 39.8 Å². The van der Waals surface area contributed by atoms with Crippen LogP contribution in [0.2, 0.25) is 0 Å². The van der Waals surface area contributed by atoms with Crippen molar-refractivity contribution in [2.45, 2.75) is 18.7 Å². The van der Waals surface area contributed by atoms with Gasteiger partial charge in [-0.3, -0.25) is 9.59 Å². The minimum atomic E-state index is -4.47. The maximum Gasteiger partial charge on any atom is 0.405 e. The second kappa shape index (κ2) is 6.40. The van der Waals surface area contributed by atoms with Crippen LogP contribution in [0.1, 0.15) is 6.92 Å². The number of alkyl halides is 3. The predicted octanol–water partition coefficient (Wildman–Crippen LogP) is -0.498. The molecule has 0 spiro atoms. The number of hydrogen-bond acceptors (Lipinski definition) is 4. The molecule has 1 fully saturated rings. The van der Waals surface area contributed by atoms with E-state index in [1.807, 2.05) is 6.92 Å². The average Bonchev–Trinajstić information content (AvgIpc) is 2.30. The lowest BCUT2D eigenvalue weighted by Gasteiger charge is -2.39. The number of nitrogens with zero attached hydrogens (tertiary/aromatic N) is 1. The topological polar surface area (TPSA) is 70.7 Å². The molecule has 116 valence electrons. The molecule has 1 rings (SSSR count). The van der Waals surface area contributed by atoms with Crippen LogP contribution in [0, 0.1) is 0 Å². The van der Waals surface area contributed by atoms with Crippen molar-refractivity contribution in [3.63, 3.8) is 0 Å². The van der Waals surface area contributed by atoms with Crippen molar-refractivity contribution >= 4 is 11.8 Å². The van der Waals surface area contributed by atoms with Crippen molar-refractivity contribution < 1.29 is 27.5 Å². The van der Waals surface area contributed by atoms with Gasteiger partial charge in [0, 0.05) is 20.1 Å². The van der Waals surface area contributed by atoms with E-state index in [1.165, 1.54) is 7.05 Å². The molecule has 0 aliphatic carbocycles. The summed E-state index contributed by atoms with van der Waals surface area (Å²) in [4.78, 5) is 23.9. The number of carbonyl (C=O) groups excluding carboxylic acids is 2. The van der Waals surface area contributed by atoms with Crippen molar-refractivity contribution in [1.82, 2.24) is 15.5 Å². The minimum absolute atomic E-state index is 0.207. The number of nitrogens with one attached hydrogen (secondary N) is 2. The van der Waals surface area contributed by atoms with E-state index >= 15 is 0 Å². The Morgan fingerprint density at radius 1 is 1.40 bits per heavy atom. The normalized spacial score (nSPS) is 17.2. The van der Waals surface area contributed by atoms with Crippen LogP contribution in [0.4, 0.5) is 13.2 Å². The SMILES string of the molecule is CN(CC(=O)NCC(F)(F)F)C(=O)COC1(C)CNC1. The first-order chi connectivity index (χ1) is 9.11. The Balaban J connectivity index is 2.25. The molecule has 0 unspecified atom stereocenters. The van der Waals surface area contributed by atoms with Crippen LogP contribution in [0.15, 0.2) is 0 Å². The number of hydrogen-bond donors (Lipinski definition) is 2. The van der Waals surface area contributed by atoms with E-state index in [2.05, 4.69) is 5.32 Å². The van der Waals surface area contributed by atoms with Crippen molar-refractivity contribution in [3.8, 4) is 0 Å². The molecule has 0 aromatic carbocycles. The van der Waals surface area contributed by atoms with Crippen LogP contribution < -0.4 is 10.6 Å². The number of halogens is 3. The Hall–Kier alpha value is -1.35. The van der Waals surface area contributed by atoms with Gasteiger partial charge in [-0.1, -0.05) is 0 Å². The first-order valence-corrected chi connectivity index (χ1v) is 6.03. The summed E-state index contributed by atoms with van der Waals surface area (Å²) >= 11 is 0. The first-order valence-electron chi connectivity index (χ1n) is 6.03.